The Balaban J connectivity index is 1.46. The number of amides is 4. The van der Waals surface area contributed by atoms with Crippen molar-refractivity contribution in [2.24, 2.45) is 0 Å². The molecule has 10 heteroatoms. The minimum atomic E-state index is -0.658. The topological polar surface area (TPSA) is 97.0 Å². The summed E-state index contributed by atoms with van der Waals surface area (Å²) >= 11 is 4.39. The van der Waals surface area contributed by atoms with E-state index in [0.29, 0.717) is 29.4 Å². The van der Waals surface area contributed by atoms with Gasteiger partial charge < -0.3 is 20.1 Å². The number of hydrogen-bond donors (Lipinski definition) is 2. The zero-order chi connectivity index (χ0) is 26.5. The fourth-order valence-electron chi connectivity index (χ4n) is 3.65. The van der Waals surface area contributed by atoms with Crippen LogP contribution >= 0.6 is 45.2 Å². The lowest BCUT2D eigenvalue weighted by Crippen LogP contribution is -2.38. The molecule has 0 atom stereocenters. The first kappa shape index (κ1) is 26.9. The van der Waals surface area contributed by atoms with Crippen LogP contribution in [0.5, 0.6) is 11.5 Å². The van der Waals surface area contributed by atoms with E-state index in [1.54, 1.807) is 24.3 Å². The van der Waals surface area contributed by atoms with Gasteiger partial charge in [-0.05, 0) is 111 Å². The number of methoxy groups -OCH3 is 1. The fraction of sp³-hybridized carbons (Fsp3) is 0.148. The Morgan fingerprint density at radius 3 is 2.54 bits per heavy atom. The fourth-order valence-corrected chi connectivity index (χ4v) is 4.79. The number of halogens is 2. The van der Waals surface area contributed by atoms with Crippen molar-refractivity contribution in [2.45, 2.75) is 13.5 Å². The molecule has 0 aliphatic carbocycles. The van der Waals surface area contributed by atoms with E-state index in [1.165, 1.54) is 7.11 Å². The molecule has 0 aromatic heterocycles. The zero-order valence-corrected chi connectivity index (χ0v) is 24.3. The number of anilines is 1. The molecule has 1 fully saturated rings. The Morgan fingerprint density at radius 2 is 1.84 bits per heavy atom. The molecule has 2 N–H and O–H groups in total. The van der Waals surface area contributed by atoms with E-state index in [1.807, 2.05) is 49.4 Å². The third-order valence-electron chi connectivity index (χ3n) is 5.43. The third-order valence-corrected chi connectivity index (χ3v) is 6.95. The quantitative estimate of drug-likeness (QED) is 0.187. The van der Waals surface area contributed by atoms with Gasteiger partial charge in [0.25, 0.3) is 5.91 Å². The Bertz CT molecular complexity index is 1390. The van der Waals surface area contributed by atoms with Crippen molar-refractivity contribution < 1.29 is 23.9 Å². The van der Waals surface area contributed by atoms with Gasteiger partial charge in [0.1, 0.15) is 18.8 Å². The standard InChI is InChI=1S/C27H23I2N3O5/c1-16-4-3-5-20(10-16)30-24(33)14-32-26(34)22(31-27(32)35)12-18-11-21(29)25(23(13-18)36-2)37-15-17-6-8-19(28)9-7-17/h3-13H,14-15H2,1-2H3,(H,30,33)(H,31,35)/b22-12+. The molecule has 0 saturated carbocycles. The number of nitrogens with one attached hydrogen (secondary N) is 2. The van der Waals surface area contributed by atoms with Crippen LogP contribution in [-0.2, 0) is 16.2 Å². The second-order valence-corrected chi connectivity index (χ2v) is 10.7. The van der Waals surface area contributed by atoms with Crippen molar-refractivity contribution in [1.82, 2.24) is 10.2 Å². The van der Waals surface area contributed by atoms with Crippen molar-refractivity contribution in [3.8, 4) is 11.5 Å². The largest absolute Gasteiger partial charge is 0.493 e. The van der Waals surface area contributed by atoms with E-state index in [2.05, 4.69) is 55.8 Å². The van der Waals surface area contributed by atoms with Crippen LogP contribution < -0.4 is 20.1 Å². The van der Waals surface area contributed by atoms with Crippen molar-refractivity contribution in [1.29, 1.82) is 0 Å². The molecule has 0 unspecified atom stereocenters. The highest BCUT2D eigenvalue weighted by molar-refractivity contribution is 14.1. The average molecular weight is 723 g/mol. The number of aryl methyl sites for hydroxylation is 1. The van der Waals surface area contributed by atoms with Gasteiger partial charge >= 0.3 is 6.03 Å². The number of carbonyl (C=O) groups is 3. The number of nitrogens with zero attached hydrogens (tertiary/aromatic N) is 1. The Hall–Kier alpha value is -3.13. The molecule has 190 valence electrons. The highest BCUT2D eigenvalue weighted by Crippen LogP contribution is 2.35. The van der Waals surface area contributed by atoms with Gasteiger partial charge in [0.2, 0.25) is 5.91 Å². The van der Waals surface area contributed by atoms with Crippen LogP contribution in [0.25, 0.3) is 6.08 Å². The van der Waals surface area contributed by atoms with E-state index >= 15 is 0 Å². The molecule has 4 rings (SSSR count). The van der Waals surface area contributed by atoms with Gasteiger partial charge in [0.05, 0.1) is 10.7 Å². The number of hydrogen-bond acceptors (Lipinski definition) is 5. The monoisotopic (exact) mass is 723 g/mol. The van der Waals surface area contributed by atoms with Gasteiger partial charge in [-0.15, -0.1) is 0 Å². The molecule has 3 aromatic rings. The molecule has 0 bridgehead atoms. The van der Waals surface area contributed by atoms with Crippen molar-refractivity contribution >= 4 is 74.8 Å². The zero-order valence-electron chi connectivity index (χ0n) is 20.0. The average Bonchev–Trinajstić information content (AvgIpc) is 3.11. The number of carbonyl (C=O) groups excluding carboxylic acids is 3. The van der Waals surface area contributed by atoms with Crippen LogP contribution in [-0.4, -0.2) is 36.4 Å². The third kappa shape index (κ3) is 6.80. The second-order valence-electron chi connectivity index (χ2n) is 8.25. The lowest BCUT2D eigenvalue weighted by atomic mass is 10.1. The maximum atomic E-state index is 12.9. The van der Waals surface area contributed by atoms with Crippen LogP contribution in [0.3, 0.4) is 0 Å². The molecule has 4 amide bonds. The SMILES string of the molecule is COc1cc(/C=C2/NC(=O)N(CC(=O)Nc3cccc(C)c3)C2=O)cc(I)c1OCc1ccc(I)cc1. The minimum absolute atomic E-state index is 0.0683. The molecule has 1 saturated heterocycles. The molecular weight excluding hydrogens is 700 g/mol. The molecule has 0 spiro atoms. The van der Waals surface area contributed by atoms with Crippen LogP contribution in [0.15, 0.2) is 66.4 Å². The van der Waals surface area contributed by atoms with E-state index in [0.717, 1.165) is 23.2 Å². The number of benzene rings is 3. The number of rotatable bonds is 8. The van der Waals surface area contributed by atoms with Crippen molar-refractivity contribution in [3.63, 3.8) is 0 Å². The summed E-state index contributed by atoms with van der Waals surface area (Å²) in [6, 6.07) is 18.2. The summed E-state index contributed by atoms with van der Waals surface area (Å²) in [5, 5.41) is 5.25. The van der Waals surface area contributed by atoms with E-state index in [9.17, 15) is 14.4 Å². The number of urea groups is 1. The lowest BCUT2D eigenvalue weighted by molar-refractivity contribution is -0.127. The van der Waals surface area contributed by atoms with Gasteiger partial charge in [-0.3, -0.25) is 9.59 Å². The molecule has 8 nitrogen and oxygen atoms in total. The summed E-state index contributed by atoms with van der Waals surface area (Å²) in [4.78, 5) is 38.6. The Labute approximate surface area is 241 Å². The summed E-state index contributed by atoms with van der Waals surface area (Å²) in [6.07, 6.45) is 1.55. The smallest absolute Gasteiger partial charge is 0.329 e. The first-order valence-electron chi connectivity index (χ1n) is 11.2. The van der Waals surface area contributed by atoms with Gasteiger partial charge in [-0.2, -0.15) is 0 Å². The molecule has 1 aliphatic rings. The van der Waals surface area contributed by atoms with Gasteiger partial charge in [-0.1, -0.05) is 24.3 Å². The van der Waals surface area contributed by atoms with Gasteiger partial charge in [-0.25, -0.2) is 9.69 Å². The van der Waals surface area contributed by atoms with Crippen LogP contribution in [0, 0.1) is 14.1 Å². The predicted molar refractivity (Wildman–Crippen MR) is 157 cm³/mol. The van der Waals surface area contributed by atoms with E-state index in [-0.39, 0.29) is 5.70 Å². The minimum Gasteiger partial charge on any atom is -0.493 e. The molecule has 1 aliphatic heterocycles. The Morgan fingerprint density at radius 1 is 1.08 bits per heavy atom. The van der Waals surface area contributed by atoms with Gasteiger partial charge in [0, 0.05) is 9.26 Å². The second kappa shape index (κ2) is 11.9. The summed E-state index contributed by atoms with van der Waals surface area (Å²) in [5.41, 5.74) is 3.31. The van der Waals surface area contributed by atoms with E-state index in [4.69, 9.17) is 9.47 Å². The Kier molecular flexibility index (Phi) is 8.69. The summed E-state index contributed by atoms with van der Waals surface area (Å²) in [5.74, 6) is 0.0223. The summed E-state index contributed by atoms with van der Waals surface area (Å²) < 4.78 is 13.5. The van der Waals surface area contributed by atoms with Crippen LogP contribution in [0.1, 0.15) is 16.7 Å². The predicted octanol–water partition coefficient (Wildman–Crippen LogP) is 5.32. The molecule has 3 aromatic carbocycles. The van der Waals surface area contributed by atoms with Crippen molar-refractivity contribution in [3.05, 3.63) is 90.2 Å². The maximum absolute atomic E-state index is 12.9. The lowest BCUT2D eigenvalue weighted by Gasteiger charge is -2.14. The highest BCUT2D eigenvalue weighted by Gasteiger charge is 2.35. The van der Waals surface area contributed by atoms with Gasteiger partial charge in [0.15, 0.2) is 11.5 Å². The van der Waals surface area contributed by atoms with Crippen LogP contribution in [0.4, 0.5) is 10.5 Å². The summed E-state index contributed by atoms with van der Waals surface area (Å²) in [7, 11) is 1.54. The normalized spacial score (nSPS) is 14.1. The summed E-state index contributed by atoms with van der Waals surface area (Å²) in [6.45, 7) is 1.88. The highest BCUT2D eigenvalue weighted by atomic mass is 127. The van der Waals surface area contributed by atoms with Crippen LogP contribution in [0.2, 0.25) is 0 Å². The number of ether oxygens (including phenoxy) is 2. The van der Waals surface area contributed by atoms with Crippen molar-refractivity contribution in [2.75, 3.05) is 19.0 Å². The molecule has 0 radical (unpaired) electrons. The molecular formula is C27H23I2N3O5. The molecule has 37 heavy (non-hydrogen) atoms. The van der Waals surface area contributed by atoms with E-state index < -0.39 is 24.4 Å². The molecule has 1 heterocycles. The first-order valence-corrected chi connectivity index (χ1v) is 13.3. The number of imide groups is 1. The maximum Gasteiger partial charge on any atom is 0.329 e. The first-order chi connectivity index (χ1) is 17.7.